The molecule has 0 aromatic carbocycles. The summed E-state index contributed by atoms with van der Waals surface area (Å²) in [7, 11) is 0. The maximum atomic E-state index is 12.0. The average Bonchev–Trinajstić information content (AvgIpc) is 2.86. The van der Waals surface area contributed by atoms with Crippen molar-refractivity contribution in [2.24, 2.45) is 11.1 Å². The third kappa shape index (κ3) is 5.05. The summed E-state index contributed by atoms with van der Waals surface area (Å²) in [6, 6.07) is 4.44. The molecule has 9 heteroatoms. The van der Waals surface area contributed by atoms with E-state index in [9.17, 15) is 9.90 Å². The molecule has 2 aromatic heterocycles. The average molecular weight is 482 g/mol. The number of piperidine rings is 1. The van der Waals surface area contributed by atoms with Gasteiger partial charge in [-0.25, -0.2) is 15.0 Å². The van der Waals surface area contributed by atoms with Crippen LogP contribution in [0.2, 0.25) is 0 Å². The van der Waals surface area contributed by atoms with Crippen LogP contribution < -0.4 is 21.3 Å². The summed E-state index contributed by atoms with van der Waals surface area (Å²) in [5, 5.41) is 16.5. The molecule has 2 aliphatic heterocycles. The first-order valence-electron chi connectivity index (χ1n) is 12.7. The number of hydrogen-bond donors (Lipinski definition) is 4. The van der Waals surface area contributed by atoms with Crippen LogP contribution >= 0.6 is 0 Å². The minimum atomic E-state index is -1.43. The lowest BCUT2D eigenvalue weighted by Gasteiger charge is -2.38. The Hall–Kier alpha value is -2.94. The number of aliphatic carboxylic acids is 1. The van der Waals surface area contributed by atoms with Gasteiger partial charge in [0.1, 0.15) is 29.3 Å². The number of aryl methyl sites for hydroxylation is 1. The Morgan fingerprint density at radius 3 is 2.66 bits per heavy atom. The van der Waals surface area contributed by atoms with Crippen LogP contribution in [0.1, 0.15) is 69.7 Å². The van der Waals surface area contributed by atoms with Gasteiger partial charge in [-0.05, 0) is 49.1 Å². The Morgan fingerprint density at radius 2 is 2.00 bits per heavy atom. The number of nitrogens with two attached hydrogens (primary N) is 1. The maximum absolute atomic E-state index is 12.0. The van der Waals surface area contributed by atoms with Gasteiger partial charge in [0.05, 0.1) is 0 Å². The second kappa shape index (κ2) is 9.97. The van der Waals surface area contributed by atoms with E-state index in [-0.39, 0.29) is 6.54 Å². The second-order valence-corrected chi connectivity index (χ2v) is 10.8. The van der Waals surface area contributed by atoms with Crippen LogP contribution in [0.5, 0.6) is 0 Å². The van der Waals surface area contributed by atoms with E-state index in [1.165, 1.54) is 17.7 Å². The summed E-state index contributed by atoms with van der Waals surface area (Å²) in [5.74, 6) is 2.03. The van der Waals surface area contributed by atoms with Gasteiger partial charge in [-0.2, -0.15) is 0 Å². The van der Waals surface area contributed by atoms with Gasteiger partial charge in [-0.15, -0.1) is 0 Å². The molecular formula is C26H39N7O2. The van der Waals surface area contributed by atoms with Gasteiger partial charge in [0.2, 0.25) is 0 Å². The van der Waals surface area contributed by atoms with E-state index in [0.29, 0.717) is 11.7 Å². The number of rotatable bonds is 7. The Balaban J connectivity index is 1.47. The van der Waals surface area contributed by atoms with Crippen molar-refractivity contribution in [1.29, 1.82) is 0 Å². The summed E-state index contributed by atoms with van der Waals surface area (Å²) < 4.78 is 0. The zero-order valence-electron chi connectivity index (χ0n) is 21.4. The van der Waals surface area contributed by atoms with Crippen molar-refractivity contribution in [3.8, 4) is 0 Å². The van der Waals surface area contributed by atoms with Gasteiger partial charge < -0.3 is 26.4 Å². The minimum absolute atomic E-state index is 0.0788. The number of hydrogen-bond acceptors (Lipinski definition) is 8. The van der Waals surface area contributed by atoms with Crippen LogP contribution in [-0.2, 0) is 17.6 Å². The van der Waals surface area contributed by atoms with Crippen LogP contribution in [0.25, 0.3) is 0 Å². The number of carboxylic acids is 1. The molecule has 0 spiro atoms. The first-order valence-corrected chi connectivity index (χ1v) is 12.7. The van der Waals surface area contributed by atoms with E-state index < -0.39 is 16.9 Å². The zero-order valence-corrected chi connectivity index (χ0v) is 21.4. The number of anilines is 3. The number of nitrogens with one attached hydrogen (secondary N) is 2. The van der Waals surface area contributed by atoms with Crippen molar-refractivity contribution < 1.29 is 9.90 Å². The highest BCUT2D eigenvalue weighted by atomic mass is 16.4. The first-order chi connectivity index (χ1) is 16.6. The van der Waals surface area contributed by atoms with E-state index in [4.69, 9.17) is 10.7 Å². The summed E-state index contributed by atoms with van der Waals surface area (Å²) in [4.78, 5) is 28.3. The molecule has 0 amide bonds. The Morgan fingerprint density at radius 1 is 1.26 bits per heavy atom. The lowest BCUT2D eigenvalue weighted by atomic mass is 9.74. The van der Waals surface area contributed by atoms with E-state index in [1.54, 1.807) is 6.33 Å². The Kier molecular flexibility index (Phi) is 7.17. The summed E-state index contributed by atoms with van der Waals surface area (Å²) in [6.07, 6.45) is 6.58. The Labute approximate surface area is 207 Å². The SMILES string of the molecule is CCc1c(NCC(N)(C(=O)O)C(C)(C)C)ncnc1N1CCC(c2ccc3c(n2)NCCC3)CC1. The molecule has 9 nitrogen and oxygen atoms in total. The van der Waals surface area contributed by atoms with Crippen molar-refractivity contribution in [3.05, 3.63) is 35.3 Å². The van der Waals surface area contributed by atoms with Gasteiger partial charge in [0.25, 0.3) is 0 Å². The van der Waals surface area contributed by atoms with Gasteiger partial charge in [-0.3, -0.25) is 4.79 Å². The summed E-state index contributed by atoms with van der Waals surface area (Å²) >= 11 is 0. The molecule has 1 unspecified atom stereocenters. The van der Waals surface area contributed by atoms with Crippen molar-refractivity contribution in [2.45, 2.75) is 71.3 Å². The number of pyridine rings is 1. The summed E-state index contributed by atoms with van der Waals surface area (Å²) in [5.41, 5.74) is 7.75. The molecule has 1 atom stereocenters. The molecule has 5 N–H and O–H groups in total. The molecule has 35 heavy (non-hydrogen) atoms. The van der Waals surface area contributed by atoms with Gasteiger partial charge in [0.15, 0.2) is 0 Å². The highest BCUT2D eigenvalue weighted by Gasteiger charge is 2.45. The molecule has 0 radical (unpaired) electrons. The van der Waals surface area contributed by atoms with Crippen LogP contribution in [-0.4, -0.2) is 57.7 Å². The molecule has 4 rings (SSSR count). The largest absolute Gasteiger partial charge is 0.480 e. The van der Waals surface area contributed by atoms with E-state index >= 15 is 0 Å². The van der Waals surface area contributed by atoms with Crippen molar-refractivity contribution in [3.63, 3.8) is 0 Å². The van der Waals surface area contributed by atoms with Crippen molar-refractivity contribution >= 4 is 23.4 Å². The standard InChI is InChI=1S/C26H39N7O2/c1-5-19-22(29-15-26(27,24(34)35)25(2,3)4)30-16-31-23(19)33-13-10-17(11-14-33)20-9-8-18-7-6-12-28-21(18)32-20/h8-9,16-17H,5-7,10-15,27H2,1-4H3,(H,28,32)(H,34,35)(H,29,30,31). The highest BCUT2D eigenvalue weighted by Crippen LogP contribution is 2.34. The molecule has 2 aliphatic rings. The van der Waals surface area contributed by atoms with Crippen molar-refractivity contribution in [1.82, 2.24) is 15.0 Å². The molecule has 2 aromatic rings. The Bertz CT molecular complexity index is 1060. The topological polar surface area (TPSA) is 129 Å². The van der Waals surface area contributed by atoms with Crippen LogP contribution in [0.4, 0.5) is 17.5 Å². The third-order valence-electron chi connectivity index (χ3n) is 7.66. The number of nitrogens with zero attached hydrogens (tertiary/aromatic N) is 4. The van der Waals surface area contributed by atoms with Crippen molar-refractivity contribution in [2.75, 3.05) is 41.7 Å². The molecule has 190 valence electrons. The second-order valence-electron chi connectivity index (χ2n) is 10.8. The van der Waals surface area contributed by atoms with Crippen LogP contribution in [0, 0.1) is 5.41 Å². The van der Waals surface area contributed by atoms with Crippen LogP contribution in [0.3, 0.4) is 0 Å². The molecule has 4 heterocycles. The number of aromatic nitrogens is 3. The van der Waals surface area contributed by atoms with Crippen LogP contribution in [0.15, 0.2) is 18.5 Å². The highest BCUT2D eigenvalue weighted by molar-refractivity contribution is 5.80. The normalized spacial score (nSPS) is 18.4. The van der Waals surface area contributed by atoms with E-state index in [1.807, 2.05) is 20.8 Å². The number of carbonyl (C=O) groups is 1. The molecule has 0 saturated carbocycles. The molecule has 1 fully saturated rings. The third-order valence-corrected chi connectivity index (χ3v) is 7.66. The molecule has 0 aliphatic carbocycles. The number of fused-ring (bicyclic) bond motifs is 1. The summed E-state index contributed by atoms with van der Waals surface area (Å²) in [6.45, 7) is 10.4. The van der Waals surface area contributed by atoms with Gasteiger partial charge >= 0.3 is 5.97 Å². The molecular weight excluding hydrogens is 442 g/mol. The first kappa shape index (κ1) is 25.2. The quantitative estimate of drug-likeness (QED) is 0.470. The minimum Gasteiger partial charge on any atom is -0.480 e. The fourth-order valence-corrected chi connectivity index (χ4v) is 5.00. The molecule has 0 bridgehead atoms. The fourth-order valence-electron chi connectivity index (χ4n) is 5.00. The monoisotopic (exact) mass is 481 g/mol. The van der Waals surface area contributed by atoms with E-state index in [0.717, 1.165) is 62.5 Å². The van der Waals surface area contributed by atoms with E-state index in [2.05, 4.69) is 44.6 Å². The smallest absolute Gasteiger partial charge is 0.326 e. The lowest BCUT2D eigenvalue weighted by Crippen LogP contribution is -2.62. The lowest BCUT2D eigenvalue weighted by molar-refractivity contribution is -0.146. The number of carboxylic acid groups (broad SMARTS) is 1. The van der Waals surface area contributed by atoms with Gasteiger partial charge in [0, 0.05) is 43.4 Å². The maximum Gasteiger partial charge on any atom is 0.326 e. The zero-order chi connectivity index (χ0) is 25.2. The molecule has 1 saturated heterocycles. The predicted octanol–water partition coefficient (Wildman–Crippen LogP) is 3.42. The fraction of sp³-hybridized carbons (Fsp3) is 0.615. The predicted molar refractivity (Wildman–Crippen MR) is 139 cm³/mol. The van der Waals surface area contributed by atoms with Gasteiger partial charge in [-0.1, -0.05) is 33.8 Å².